The number of nitrogens with zero attached hydrogens (tertiary/aromatic N) is 5. The molecule has 0 radical (unpaired) electrons. The molecule has 0 unspecified atom stereocenters. The van der Waals surface area contributed by atoms with Crippen molar-refractivity contribution in [1.29, 1.82) is 0 Å². The van der Waals surface area contributed by atoms with Crippen molar-refractivity contribution in [2.24, 2.45) is 0 Å². The molecule has 5 aliphatic heterocycles. The summed E-state index contributed by atoms with van der Waals surface area (Å²) in [7, 11) is 0. The fraction of sp³-hybridized carbons (Fsp3) is 0.500. The van der Waals surface area contributed by atoms with E-state index in [9.17, 15) is 9.50 Å². The molecule has 242 valence electrons. The molecule has 9 rings (SSSR count). The van der Waals surface area contributed by atoms with E-state index in [4.69, 9.17) is 19.2 Å². The zero-order valence-electron chi connectivity index (χ0n) is 25.5. The minimum atomic E-state index is -0.917. The topological polar surface area (TPSA) is 93.1 Å². The highest BCUT2D eigenvalue weighted by Gasteiger charge is 2.49. The lowest BCUT2D eigenvalue weighted by Crippen LogP contribution is -2.43. The van der Waals surface area contributed by atoms with Crippen molar-refractivity contribution in [3.63, 3.8) is 0 Å². The van der Waals surface area contributed by atoms with E-state index in [0.29, 0.717) is 61.1 Å². The minimum absolute atomic E-state index is 0.000693. The number of alkyl halides is 1. The van der Waals surface area contributed by atoms with Crippen LogP contribution >= 0.6 is 0 Å². The van der Waals surface area contributed by atoms with Gasteiger partial charge in [-0.25, -0.2) is 13.2 Å². The molecule has 0 amide bonds. The van der Waals surface area contributed by atoms with Crippen LogP contribution in [0.15, 0.2) is 30.5 Å². The monoisotopic (exact) mass is 635 g/mol. The molecule has 3 fully saturated rings. The molecule has 46 heavy (non-hydrogen) atoms. The Morgan fingerprint density at radius 2 is 1.96 bits per heavy atom. The number of aromatic hydroxyl groups is 1. The number of fused-ring (bicyclic) bond motifs is 6. The summed E-state index contributed by atoms with van der Waals surface area (Å²) < 4.78 is 65.2. The van der Waals surface area contributed by atoms with Gasteiger partial charge in [0.2, 0.25) is 0 Å². The summed E-state index contributed by atoms with van der Waals surface area (Å²) in [5, 5.41) is 11.8. The summed E-state index contributed by atoms with van der Waals surface area (Å²) in [6.45, 7) is 3.21. The number of hydrogen-bond acceptors (Lipinski definition) is 9. The Kier molecular flexibility index (Phi) is 7.51. The molecule has 7 heterocycles. The molecule has 0 spiro atoms. The SMILES string of the molecule is Oc1cc2c3c(c(F)ccc3c1)OCCCO[C@@H]1CCCCN(C1)c1nc(OC[C@@]34CCCN3C[C@H](F)C4)nc3c(F)c-2ncc13. The molecule has 3 saturated heterocycles. The number of rotatable bonds is 3. The van der Waals surface area contributed by atoms with Gasteiger partial charge in [0.25, 0.3) is 0 Å². The van der Waals surface area contributed by atoms with E-state index >= 15 is 8.78 Å². The van der Waals surface area contributed by atoms with Crippen molar-refractivity contribution in [3.05, 3.63) is 42.1 Å². The minimum Gasteiger partial charge on any atom is -0.508 e. The van der Waals surface area contributed by atoms with E-state index in [1.165, 1.54) is 30.5 Å². The summed E-state index contributed by atoms with van der Waals surface area (Å²) >= 11 is 0. The maximum Gasteiger partial charge on any atom is 0.319 e. The first kappa shape index (κ1) is 29.5. The lowest BCUT2D eigenvalue weighted by molar-refractivity contribution is 0.0464. The van der Waals surface area contributed by atoms with Crippen LogP contribution in [-0.2, 0) is 4.74 Å². The molecular formula is C34H36F3N5O4. The molecule has 6 bridgehead atoms. The van der Waals surface area contributed by atoms with Crippen LogP contribution in [0.4, 0.5) is 19.0 Å². The molecular weight excluding hydrogens is 599 g/mol. The highest BCUT2D eigenvalue weighted by Crippen LogP contribution is 2.43. The van der Waals surface area contributed by atoms with Crippen molar-refractivity contribution in [3.8, 4) is 28.8 Å². The second kappa shape index (κ2) is 11.7. The van der Waals surface area contributed by atoms with E-state index < -0.39 is 23.3 Å². The number of halogens is 3. The van der Waals surface area contributed by atoms with E-state index in [1.54, 1.807) is 0 Å². The van der Waals surface area contributed by atoms with Crippen molar-refractivity contribution >= 4 is 27.5 Å². The third-order valence-electron chi connectivity index (χ3n) is 9.95. The van der Waals surface area contributed by atoms with E-state index in [-0.39, 0.29) is 53.6 Å². The zero-order chi connectivity index (χ0) is 31.4. The standard InChI is InChI=1S/C34H36F3N5O4/c35-21-15-34(8-3-10-42(34)17-21)19-46-33-39-30-25-16-38-29(28(30)37)24-14-22(43)13-20-6-7-26(36)31(27(20)24)45-12-4-11-44-23-5-1-2-9-41(18-23)32(25)40-33/h6-7,13-14,16,21,23,43H,1-5,8-12,15,17-19H2/t21-,23-,34+/m1/s1. The van der Waals surface area contributed by atoms with Crippen LogP contribution in [0.1, 0.15) is 44.9 Å². The number of anilines is 1. The second-order valence-corrected chi connectivity index (χ2v) is 13.0. The third kappa shape index (κ3) is 5.15. The number of ether oxygens (including phenoxy) is 3. The summed E-state index contributed by atoms with van der Waals surface area (Å²) in [6.07, 6.45) is 5.89. The van der Waals surface area contributed by atoms with Gasteiger partial charge in [-0.1, -0.05) is 6.07 Å². The summed E-state index contributed by atoms with van der Waals surface area (Å²) in [4.78, 5) is 18.2. The normalized spacial score (nSPS) is 25.2. The van der Waals surface area contributed by atoms with Gasteiger partial charge in [-0.15, -0.1) is 0 Å². The molecule has 3 atom stereocenters. The smallest absolute Gasteiger partial charge is 0.319 e. The fourth-order valence-electron chi connectivity index (χ4n) is 7.80. The fourth-order valence-corrected chi connectivity index (χ4v) is 7.80. The van der Waals surface area contributed by atoms with Crippen LogP contribution in [0.2, 0.25) is 0 Å². The quantitative estimate of drug-likeness (QED) is 0.294. The first-order valence-corrected chi connectivity index (χ1v) is 16.2. The van der Waals surface area contributed by atoms with Crippen molar-refractivity contribution < 1.29 is 32.5 Å². The molecule has 5 aliphatic rings. The molecule has 0 saturated carbocycles. The van der Waals surface area contributed by atoms with Crippen molar-refractivity contribution in [2.45, 2.75) is 62.8 Å². The highest BCUT2D eigenvalue weighted by atomic mass is 19.1. The van der Waals surface area contributed by atoms with Gasteiger partial charge in [0, 0.05) is 49.6 Å². The average molecular weight is 636 g/mol. The van der Waals surface area contributed by atoms with Crippen LogP contribution in [0.3, 0.4) is 0 Å². The first-order valence-electron chi connectivity index (χ1n) is 16.2. The predicted molar refractivity (Wildman–Crippen MR) is 166 cm³/mol. The largest absolute Gasteiger partial charge is 0.508 e. The van der Waals surface area contributed by atoms with Gasteiger partial charge in [-0.2, -0.15) is 9.97 Å². The number of phenols is 1. The number of benzene rings is 2. The third-order valence-corrected chi connectivity index (χ3v) is 9.95. The zero-order valence-corrected chi connectivity index (χ0v) is 25.5. The summed E-state index contributed by atoms with van der Waals surface area (Å²) in [5.74, 6) is -1.04. The molecule has 1 N–H and O–H groups in total. The maximum absolute atomic E-state index is 16.9. The van der Waals surface area contributed by atoms with Gasteiger partial charge in [-0.3, -0.25) is 9.88 Å². The Morgan fingerprint density at radius 1 is 1.04 bits per heavy atom. The Morgan fingerprint density at radius 3 is 2.87 bits per heavy atom. The van der Waals surface area contributed by atoms with E-state index in [0.717, 1.165) is 38.6 Å². The van der Waals surface area contributed by atoms with Gasteiger partial charge < -0.3 is 24.2 Å². The lowest BCUT2D eigenvalue weighted by Gasteiger charge is -2.31. The molecule has 2 aromatic carbocycles. The maximum atomic E-state index is 16.9. The van der Waals surface area contributed by atoms with Crippen molar-refractivity contribution in [1.82, 2.24) is 19.9 Å². The van der Waals surface area contributed by atoms with Crippen LogP contribution in [0.25, 0.3) is 32.9 Å². The van der Waals surface area contributed by atoms with Gasteiger partial charge >= 0.3 is 6.01 Å². The molecule has 12 heteroatoms. The average Bonchev–Trinajstić information content (AvgIpc) is 3.45. The molecule has 9 nitrogen and oxygen atoms in total. The van der Waals surface area contributed by atoms with Crippen molar-refractivity contribution in [2.75, 3.05) is 50.9 Å². The molecule has 4 aromatic rings. The Hall–Kier alpha value is -3.90. The van der Waals surface area contributed by atoms with Crippen LogP contribution in [0.5, 0.6) is 17.5 Å². The van der Waals surface area contributed by atoms with Crippen LogP contribution < -0.4 is 14.4 Å². The molecule has 0 aliphatic carbocycles. The first-order chi connectivity index (χ1) is 22.4. The Labute approximate surface area is 264 Å². The van der Waals surface area contributed by atoms with Gasteiger partial charge in [0.05, 0.1) is 30.2 Å². The highest BCUT2D eigenvalue weighted by molar-refractivity contribution is 6.03. The van der Waals surface area contributed by atoms with Crippen LogP contribution in [0, 0.1) is 11.6 Å². The number of hydrogen-bond donors (Lipinski definition) is 1. The van der Waals surface area contributed by atoms with Gasteiger partial charge in [0.15, 0.2) is 17.4 Å². The van der Waals surface area contributed by atoms with Gasteiger partial charge in [0.1, 0.15) is 35.6 Å². The van der Waals surface area contributed by atoms with Crippen LogP contribution in [-0.4, -0.2) is 88.8 Å². The second-order valence-electron chi connectivity index (χ2n) is 13.0. The summed E-state index contributed by atoms with van der Waals surface area (Å²) in [5.41, 5.74) is -0.383. The number of phenolic OH excluding ortho intramolecular Hbond substituents is 1. The van der Waals surface area contributed by atoms with Gasteiger partial charge in [-0.05, 0) is 62.2 Å². The number of pyridine rings is 1. The number of aromatic nitrogens is 3. The predicted octanol–water partition coefficient (Wildman–Crippen LogP) is 5.94. The Bertz CT molecular complexity index is 1810. The van der Waals surface area contributed by atoms with E-state index in [2.05, 4.69) is 19.8 Å². The molecule has 2 aromatic heterocycles. The summed E-state index contributed by atoms with van der Waals surface area (Å²) in [6, 6.07) is 5.62. The van der Waals surface area contributed by atoms with E-state index in [1.807, 2.05) is 0 Å². The lowest BCUT2D eigenvalue weighted by atomic mass is 9.95. The Balaban J connectivity index is 1.31.